The number of benzene rings is 2. The van der Waals surface area contributed by atoms with E-state index in [9.17, 15) is 22.0 Å². The number of carbonyl (C=O) groups is 1. The molecule has 6 nitrogen and oxygen atoms in total. The average Bonchev–Trinajstić information content (AvgIpc) is 3.16. The molecule has 0 N–H and O–H groups in total. The smallest absolute Gasteiger partial charge is 0.223 e. The fraction of sp³-hybridized carbons (Fsp3) is 0.300. The van der Waals surface area contributed by atoms with Gasteiger partial charge in [0.2, 0.25) is 5.91 Å². The molecule has 0 radical (unpaired) electrons. The summed E-state index contributed by atoms with van der Waals surface area (Å²) in [6, 6.07) is 9.07. The molecule has 1 aliphatic heterocycles. The van der Waals surface area contributed by atoms with E-state index in [1.807, 2.05) is 4.90 Å². The molecule has 158 valence electrons. The van der Waals surface area contributed by atoms with Crippen LogP contribution >= 0.6 is 11.3 Å². The van der Waals surface area contributed by atoms with E-state index in [-0.39, 0.29) is 28.8 Å². The number of thiazole rings is 1. The van der Waals surface area contributed by atoms with Gasteiger partial charge in [-0.3, -0.25) is 4.79 Å². The van der Waals surface area contributed by atoms with E-state index in [0.29, 0.717) is 26.2 Å². The number of amides is 1. The third kappa shape index (κ3) is 4.44. The van der Waals surface area contributed by atoms with Gasteiger partial charge in [-0.25, -0.2) is 22.2 Å². The van der Waals surface area contributed by atoms with Gasteiger partial charge in [0.1, 0.15) is 11.6 Å². The van der Waals surface area contributed by atoms with Crippen molar-refractivity contribution in [3.63, 3.8) is 0 Å². The predicted octanol–water partition coefficient (Wildman–Crippen LogP) is 3.09. The first kappa shape index (κ1) is 20.7. The second-order valence-corrected chi connectivity index (χ2v) is 10.1. The number of rotatable bonds is 5. The fourth-order valence-corrected chi connectivity index (χ4v) is 5.58. The Kier molecular flexibility index (Phi) is 5.70. The van der Waals surface area contributed by atoms with Crippen molar-refractivity contribution in [3.8, 4) is 0 Å². The van der Waals surface area contributed by atoms with Gasteiger partial charge in [0.15, 0.2) is 15.0 Å². The molecular formula is C20H19F2N3O3S2. The summed E-state index contributed by atoms with van der Waals surface area (Å²) in [6.07, 6.45) is -0.125. The number of fused-ring (bicyclic) bond motifs is 1. The zero-order valence-electron chi connectivity index (χ0n) is 15.9. The van der Waals surface area contributed by atoms with Crippen LogP contribution < -0.4 is 4.90 Å². The number of carbonyl (C=O) groups excluding carboxylic acids is 1. The van der Waals surface area contributed by atoms with E-state index in [1.165, 1.54) is 35.6 Å². The van der Waals surface area contributed by atoms with E-state index in [2.05, 4.69) is 4.98 Å². The standard InChI is InChI=1S/C20H19F2N3O3S2/c21-14-1-4-16(5-2-14)30(27,28)12-7-19(26)24-8-10-25(11-9-24)20-23-17-6-3-15(22)13-18(17)29-20/h1-6,13H,7-12H2. The summed E-state index contributed by atoms with van der Waals surface area (Å²) in [4.78, 5) is 20.7. The molecule has 1 fully saturated rings. The lowest BCUT2D eigenvalue weighted by Crippen LogP contribution is -2.49. The highest BCUT2D eigenvalue weighted by molar-refractivity contribution is 7.91. The zero-order chi connectivity index (χ0) is 21.3. The van der Waals surface area contributed by atoms with Crippen molar-refractivity contribution in [1.82, 2.24) is 9.88 Å². The van der Waals surface area contributed by atoms with Gasteiger partial charge >= 0.3 is 0 Å². The number of aromatic nitrogens is 1. The molecule has 1 aliphatic rings. The van der Waals surface area contributed by atoms with E-state index in [1.54, 1.807) is 11.0 Å². The topological polar surface area (TPSA) is 70.6 Å². The van der Waals surface area contributed by atoms with Crippen molar-refractivity contribution < 1.29 is 22.0 Å². The van der Waals surface area contributed by atoms with E-state index >= 15 is 0 Å². The van der Waals surface area contributed by atoms with Crippen LogP contribution in [-0.4, -0.2) is 56.1 Å². The van der Waals surface area contributed by atoms with Crippen LogP contribution in [0, 0.1) is 11.6 Å². The minimum absolute atomic E-state index is 0.00814. The minimum atomic E-state index is -3.65. The molecule has 1 saturated heterocycles. The zero-order valence-corrected chi connectivity index (χ0v) is 17.6. The maximum Gasteiger partial charge on any atom is 0.223 e. The molecule has 30 heavy (non-hydrogen) atoms. The van der Waals surface area contributed by atoms with Gasteiger partial charge in [-0.15, -0.1) is 0 Å². The van der Waals surface area contributed by atoms with Crippen LogP contribution in [0.4, 0.5) is 13.9 Å². The number of nitrogens with zero attached hydrogens (tertiary/aromatic N) is 3. The van der Waals surface area contributed by atoms with Gasteiger partial charge in [0.25, 0.3) is 0 Å². The van der Waals surface area contributed by atoms with Crippen molar-refractivity contribution in [1.29, 1.82) is 0 Å². The molecule has 2 aromatic carbocycles. The second-order valence-electron chi connectivity index (χ2n) is 7.00. The number of anilines is 1. The molecule has 0 unspecified atom stereocenters. The highest BCUT2D eigenvalue weighted by Crippen LogP contribution is 2.30. The Labute approximate surface area is 176 Å². The second kappa shape index (κ2) is 8.27. The Bertz CT molecular complexity index is 1170. The van der Waals surface area contributed by atoms with Crippen LogP contribution in [-0.2, 0) is 14.6 Å². The van der Waals surface area contributed by atoms with Crippen molar-refractivity contribution in [3.05, 3.63) is 54.1 Å². The Morgan fingerprint density at radius 2 is 1.67 bits per heavy atom. The van der Waals surface area contributed by atoms with Crippen LogP contribution in [0.5, 0.6) is 0 Å². The average molecular weight is 452 g/mol. The first-order valence-corrected chi connectivity index (χ1v) is 11.9. The summed E-state index contributed by atoms with van der Waals surface area (Å²) >= 11 is 1.41. The van der Waals surface area contributed by atoms with Crippen molar-refractivity contribution in [2.24, 2.45) is 0 Å². The molecule has 3 aromatic rings. The van der Waals surface area contributed by atoms with Gasteiger partial charge in [-0.1, -0.05) is 11.3 Å². The van der Waals surface area contributed by atoms with Crippen LogP contribution in [0.2, 0.25) is 0 Å². The first-order chi connectivity index (χ1) is 14.3. The van der Waals surface area contributed by atoms with Gasteiger partial charge in [0.05, 0.1) is 20.9 Å². The number of sulfone groups is 1. The summed E-state index contributed by atoms with van der Waals surface area (Å²) in [6.45, 7) is 2.05. The first-order valence-electron chi connectivity index (χ1n) is 9.39. The maximum atomic E-state index is 13.4. The third-order valence-electron chi connectivity index (χ3n) is 5.00. The van der Waals surface area contributed by atoms with Gasteiger partial charge in [-0.2, -0.15) is 0 Å². The number of halogens is 2. The molecule has 0 aliphatic carbocycles. The van der Waals surface area contributed by atoms with Gasteiger partial charge in [0, 0.05) is 32.6 Å². The summed E-state index contributed by atoms with van der Waals surface area (Å²) in [5, 5.41) is 0.779. The number of piperazine rings is 1. The van der Waals surface area contributed by atoms with Crippen LogP contribution in [0.1, 0.15) is 6.42 Å². The van der Waals surface area contributed by atoms with Gasteiger partial charge < -0.3 is 9.80 Å². The number of hydrogen-bond donors (Lipinski definition) is 0. The molecule has 0 spiro atoms. The molecule has 10 heteroatoms. The Hall–Kier alpha value is -2.59. The normalized spacial score (nSPS) is 15.0. The molecule has 0 saturated carbocycles. The van der Waals surface area contributed by atoms with Crippen LogP contribution in [0.15, 0.2) is 47.4 Å². The lowest BCUT2D eigenvalue weighted by Gasteiger charge is -2.34. The van der Waals surface area contributed by atoms with Crippen LogP contribution in [0.25, 0.3) is 10.2 Å². The SMILES string of the molecule is O=C(CCS(=O)(=O)c1ccc(F)cc1)N1CCN(c2nc3ccc(F)cc3s2)CC1. The largest absolute Gasteiger partial charge is 0.345 e. The third-order valence-corrected chi connectivity index (χ3v) is 7.81. The van der Waals surface area contributed by atoms with Crippen molar-refractivity contribution in [2.75, 3.05) is 36.8 Å². The van der Waals surface area contributed by atoms with E-state index < -0.39 is 15.7 Å². The highest BCUT2D eigenvalue weighted by Gasteiger charge is 2.25. The minimum Gasteiger partial charge on any atom is -0.345 e. The van der Waals surface area contributed by atoms with Crippen molar-refractivity contribution >= 4 is 42.4 Å². The Balaban J connectivity index is 1.33. The monoisotopic (exact) mass is 451 g/mol. The van der Waals surface area contributed by atoms with Crippen LogP contribution in [0.3, 0.4) is 0 Å². The van der Waals surface area contributed by atoms with E-state index in [4.69, 9.17) is 0 Å². The Morgan fingerprint density at radius 1 is 1.00 bits per heavy atom. The van der Waals surface area contributed by atoms with Crippen molar-refractivity contribution in [2.45, 2.75) is 11.3 Å². The fourth-order valence-electron chi connectivity index (χ4n) is 3.31. The lowest BCUT2D eigenvalue weighted by atomic mass is 10.3. The lowest BCUT2D eigenvalue weighted by molar-refractivity contribution is -0.131. The molecule has 2 heterocycles. The molecule has 0 atom stereocenters. The Morgan fingerprint density at radius 3 is 2.37 bits per heavy atom. The molecular weight excluding hydrogens is 432 g/mol. The molecule has 0 bridgehead atoms. The number of hydrogen-bond acceptors (Lipinski definition) is 6. The summed E-state index contributed by atoms with van der Waals surface area (Å²) < 4.78 is 51.8. The van der Waals surface area contributed by atoms with E-state index in [0.717, 1.165) is 27.5 Å². The van der Waals surface area contributed by atoms with Gasteiger partial charge in [-0.05, 0) is 42.5 Å². The summed E-state index contributed by atoms with van der Waals surface area (Å²) in [7, 11) is -3.65. The predicted molar refractivity (Wildman–Crippen MR) is 111 cm³/mol. The quantitative estimate of drug-likeness (QED) is 0.558. The molecule has 1 aromatic heterocycles. The summed E-state index contributed by atoms with van der Waals surface area (Å²) in [5.74, 6) is -1.36. The summed E-state index contributed by atoms with van der Waals surface area (Å²) in [5.41, 5.74) is 0.737. The highest BCUT2D eigenvalue weighted by atomic mass is 32.2. The molecule has 4 rings (SSSR count). The molecule has 1 amide bonds. The maximum absolute atomic E-state index is 13.4.